The van der Waals surface area contributed by atoms with Crippen LogP contribution in [0.4, 0.5) is 0 Å². The highest BCUT2D eigenvalue weighted by molar-refractivity contribution is 5.75. The summed E-state index contributed by atoms with van der Waals surface area (Å²) in [6.45, 7) is 3.94. The number of nitrogens with one attached hydrogen (secondary N) is 1. The normalized spacial score (nSPS) is 18.5. The fourth-order valence-corrected chi connectivity index (χ4v) is 2.33. The molecule has 0 amide bonds. The van der Waals surface area contributed by atoms with Crippen molar-refractivity contribution in [2.45, 2.75) is 38.5 Å². The molecule has 94 valence electrons. The van der Waals surface area contributed by atoms with Crippen molar-refractivity contribution in [3.8, 4) is 0 Å². The maximum Gasteiger partial charge on any atom is 0.130 e. The molecule has 0 bridgehead atoms. The van der Waals surface area contributed by atoms with Gasteiger partial charge in [0.25, 0.3) is 0 Å². The molecule has 1 saturated heterocycles. The summed E-state index contributed by atoms with van der Waals surface area (Å²) in [5.74, 6) is 1.79. The number of piperidine rings is 1. The standard InChI is InChI=1S/C13H21N3O/c1-10(17)3-4-13-14-9-12(15-13)11-5-7-16(2)8-6-11/h9,11H,3-8H2,1-2H3,(H,14,15). The zero-order chi connectivity index (χ0) is 12.3. The average Bonchev–Trinajstić information content (AvgIpc) is 2.76. The molecule has 1 aliphatic heterocycles. The van der Waals surface area contributed by atoms with E-state index < -0.39 is 0 Å². The Balaban J connectivity index is 1.91. The van der Waals surface area contributed by atoms with Gasteiger partial charge in [-0.3, -0.25) is 0 Å². The van der Waals surface area contributed by atoms with E-state index in [1.165, 1.54) is 18.5 Å². The second-order valence-corrected chi connectivity index (χ2v) is 5.06. The molecule has 0 atom stereocenters. The SMILES string of the molecule is CC(=O)CCc1ncc(C2CCN(C)CC2)[nH]1. The number of likely N-dealkylation sites (tertiary alicyclic amines) is 1. The van der Waals surface area contributed by atoms with Gasteiger partial charge < -0.3 is 14.7 Å². The van der Waals surface area contributed by atoms with Gasteiger partial charge in [0.1, 0.15) is 11.6 Å². The van der Waals surface area contributed by atoms with Gasteiger partial charge in [0.15, 0.2) is 0 Å². The van der Waals surface area contributed by atoms with Crippen molar-refractivity contribution in [2.24, 2.45) is 0 Å². The van der Waals surface area contributed by atoms with Gasteiger partial charge in [-0.2, -0.15) is 0 Å². The fraction of sp³-hybridized carbons (Fsp3) is 0.692. The van der Waals surface area contributed by atoms with Gasteiger partial charge in [-0.25, -0.2) is 4.98 Å². The quantitative estimate of drug-likeness (QED) is 0.864. The number of aryl methyl sites for hydroxylation is 1. The summed E-state index contributed by atoms with van der Waals surface area (Å²) in [5, 5.41) is 0. The first-order valence-electron chi connectivity index (χ1n) is 6.37. The molecule has 2 rings (SSSR count). The number of hydrogen-bond acceptors (Lipinski definition) is 3. The molecule has 1 aromatic heterocycles. The maximum absolute atomic E-state index is 10.9. The second-order valence-electron chi connectivity index (χ2n) is 5.06. The minimum absolute atomic E-state index is 0.224. The van der Waals surface area contributed by atoms with Crippen molar-refractivity contribution >= 4 is 5.78 Å². The third-order valence-electron chi connectivity index (χ3n) is 3.52. The van der Waals surface area contributed by atoms with Gasteiger partial charge in [-0.05, 0) is 39.9 Å². The van der Waals surface area contributed by atoms with Gasteiger partial charge in [-0.1, -0.05) is 0 Å². The van der Waals surface area contributed by atoms with Crippen molar-refractivity contribution in [2.75, 3.05) is 20.1 Å². The highest BCUT2D eigenvalue weighted by Crippen LogP contribution is 2.26. The Bertz CT molecular complexity index is 378. The fourth-order valence-electron chi connectivity index (χ4n) is 2.33. The van der Waals surface area contributed by atoms with Crippen LogP contribution in [0.5, 0.6) is 0 Å². The summed E-state index contributed by atoms with van der Waals surface area (Å²) in [5.41, 5.74) is 1.25. The summed E-state index contributed by atoms with van der Waals surface area (Å²) in [4.78, 5) is 21.0. The van der Waals surface area contributed by atoms with E-state index in [1.54, 1.807) is 6.92 Å². The van der Waals surface area contributed by atoms with E-state index in [0.29, 0.717) is 12.3 Å². The number of nitrogens with zero attached hydrogens (tertiary/aromatic N) is 2. The topological polar surface area (TPSA) is 49.0 Å². The third kappa shape index (κ3) is 3.40. The van der Waals surface area contributed by atoms with E-state index in [2.05, 4.69) is 21.9 Å². The highest BCUT2D eigenvalue weighted by atomic mass is 16.1. The number of H-pyrrole nitrogens is 1. The van der Waals surface area contributed by atoms with Crippen LogP contribution in [-0.2, 0) is 11.2 Å². The smallest absolute Gasteiger partial charge is 0.130 e. The van der Waals surface area contributed by atoms with Crippen LogP contribution in [0.3, 0.4) is 0 Å². The van der Waals surface area contributed by atoms with Crippen molar-refractivity contribution in [1.82, 2.24) is 14.9 Å². The minimum Gasteiger partial charge on any atom is -0.346 e. The van der Waals surface area contributed by atoms with Crippen LogP contribution in [0.1, 0.15) is 43.6 Å². The molecule has 0 unspecified atom stereocenters. The van der Waals surface area contributed by atoms with Crippen molar-refractivity contribution in [1.29, 1.82) is 0 Å². The lowest BCUT2D eigenvalue weighted by Gasteiger charge is -2.28. The number of ketones is 1. The number of Topliss-reactive ketones (excluding diaryl/α,β-unsaturated/α-hetero) is 1. The first-order chi connectivity index (χ1) is 8.15. The van der Waals surface area contributed by atoms with Gasteiger partial charge >= 0.3 is 0 Å². The van der Waals surface area contributed by atoms with Crippen molar-refractivity contribution in [3.05, 3.63) is 17.7 Å². The molecule has 1 fully saturated rings. The molecule has 0 spiro atoms. The van der Waals surface area contributed by atoms with E-state index >= 15 is 0 Å². The maximum atomic E-state index is 10.9. The molecule has 4 heteroatoms. The number of aromatic nitrogens is 2. The van der Waals surface area contributed by atoms with Crippen LogP contribution < -0.4 is 0 Å². The summed E-state index contributed by atoms with van der Waals surface area (Å²) in [7, 11) is 2.17. The van der Waals surface area contributed by atoms with E-state index in [4.69, 9.17) is 0 Å². The van der Waals surface area contributed by atoms with Gasteiger partial charge in [-0.15, -0.1) is 0 Å². The zero-order valence-electron chi connectivity index (χ0n) is 10.7. The van der Waals surface area contributed by atoms with E-state index in [1.807, 2.05) is 6.20 Å². The van der Waals surface area contributed by atoms with Crippen LogP contribution >= 0.6 is 0 Å². The lowest BCUT2D eigenvalue weighted by atomic mass is 9.94. The highest BCUT2D eigenvalue weighted by Gasteiger charge is 2.19. The first kappa shape index (κ1) is 12.3. The Kier molecular flexibility index (Phi) is 3.94. The third-order valence-corrected chi connectivity index (χ3v) is 3.52. The number of carbonyl (C=O) groups is 1. The Labute approximate surface area is 102 Å². The average molecular weight is 235 g/mol. The summed E-state index contributed by atoms with van der Waals surface area (Å²) >= 11 is 0. The Morgan fingerprint density at radius 3 is 2.88 bits per heavy atom. The summed E-state index contributed by atoms with van der Waals surface area (Å²) < 4.78 is 0. The molecule has 4 nitrogen and oxygen atoms in total. The van der Waals surface area contributed by atoms with Crippen LogP contribution in [-0.4, -0.2) is 40.8 Å². The molecular weight excluding hydrogens is 214 g/mol. The number of carbonyl (C=O) groups excluding carboxylic acids is 1. The van der Waals surface area contributed by atoms with E-state index in [0.717, 1.165) is 25.3 Å². The molecule has 1 aromatic rings. The van der Waals surface area contributed by atoms with Crippen molar-refractivity contribution in [3.63, 3.8) is 0 Å². The molecule has 0 aromatic carbocycles. The molecular formula is C13H21N3O. The Hall–Kier alpha value is -1.16. The van der Waals surface area contributed by atoms with E-state index in [-0.39, 0.29) is 5.78 Å². The predicted molar refractivity (Wildman–Crippen MR) is 67.1 cm³/mol. The number of hydrogen-bond donors (Lipinski definition) is 1. The molecule has 0 aliphatic carbocycles. The van der Waals surface area contributed by atoms with Gasteiger partial charge in [0.05, 0.1) is 0 Å². The molecule has 1 aliphatic rings. The summed E-state index contributed by atoms with van der Waals surface area (Å²) in [6.07, 6.45) is 5.67. The lowest BCUT2D eigenvalue weighted by Crippen LogP contribution is -2.29. The van der Waals surface area contributed by atoms with Crippen LogP contribution in [0, 0.1) is 0 Å². The van der Waals surface area contributed by atoms with Crippen LogP contribution in [0.15, 0.2) is 6.20 Å². The molecule has 2 heterocycles. The molecule has 0 saturated carbocycles. The Morgan fingerprint density at radius 1 is 1.53 bits per heavy atom. The van der Waals surface area contributed by atoms with Crippen molar-refractivity contribution < 1.29 is 4.79 Å². The molecule has 0 radical (unpaired) electrons. The molecule has 17 heavy (non-hydrogen) atoms. The molecule has 1 N–H and O–H groups in total. The largest absolute Gasteiger partial charge is 0.346 e. The van der Waals surface area contributed by atoms with Gasteiger partial charge in [0.2, 0.25) is 0 Å². The lowest BCUT2D eigenvalue weighted by molar-refractivity contribution is -0.117. The Morgan fingerprint density at radius 2 is 2.24 bits per heavy atom. The first-order valence-corrected chi connectivity index (χ1v) is 6.37. The van der Waals surface area contributed by atoms with Gasteiger partial charge in [0, 0.05) is 30.7 Å². The van der Waals surface area contributed by atoms with Crippen LogP contribution in [0.25, 0.3) is 0 Å². The second kappa shape index (κ2) is 5.45. The number of rotatable bonds is 4. The number of aromatic amines is 1. The number of imidazole rings is 1. The zero-order valence-corrected chi connectivity index (χ0v) is 10.7. The van der Waals surface area contributed by atoms with Crippen LogP contribution in [0.2, 0.25) is 0 Å². The van der Waals surface area contributed by atoms with E-state index in [9.17, 15) is 4.79 Å². The minimum atomic E-state index is 0.224. The summed E-state index contributed by atoms with van der Waals surface area (Å²) in [6, 6.07) is 0. The monoisotopic (exact) mass is 235 g/mol. The predicted octanol–water partition coefficient (Wildman–Crippen LogP) is 1.74.